The van der Waals surface area contributed by atoms with E-state index in [2.05, 4.69) is 0 Å². The molecule has 0 saturated carbocycles. The van der Waals surface area contributed by atoms with Crippen LogP contribution in [0.1, 0.15) is 1.43 Å². The molecule has 0 saturated heterocycles. The zero-order valence-corrected chi connectivity index (χ0v) is 8.54. The standard InChI is InChI=1S/C2Cl4.Na.H/c3-1(4)2(5)6;;/q;+1;-1. The SMILES string of the molecule is ClC(Cl)=C(Cl)Cl.[H-].[Na+]. The van der Waals surface area contributed by atoms with Crippen LogP contribution in [-0.4, -0.2) is 0 Å². The smallest absolute Gasteiger partial charge is 1.00 e. The van der Waals surface area contributed by atoms with Gasteiger partial charge in [0.1, 0.15) is 8.98 Å². The molecular formula is C2HCl4Na. The predicted molar refractivity (Wildman–Crippen MR) is 31.6 cm³/mol. The summed E-state index contributed by atoms with van der Waals surface area (Å²) in [5, 5.41) is 0. The van der Waals surface area contributed by atoms with Crippen LogP contribution < -0.4 is 29.6 Å². The van der Waals surface area contributed by atoms with Crippen molar-refractivity contribution < 1.29 is 31.0 Å². The summed E-state index contributed by atoms with van der Waals surface area (Å²) in [6.07, 6.45) is 0. The second-order valence-electron chi connectivity index (χ2n) is 0.521. The Morgan fingerprint density at radius 3 is 1.00 bits per heavy atom. The van der Waals surface area contributed by atoms with Crippen LogP contribution in [0.15, 0.2) is 8.98 Å². The number of hydrogen-bond donors (Lipinski definition) is 0. The molecule has 7 heavy (non-hydrogen) atoms. The minimum Gasteiger partial charge on any atom is -1.00 e. The van der Waals surface area contributed by atoms with Crippen molar-refractivity contribution in [3.8, 4) is 0 Å². The number of halogens is 4. The maximum atomic E-state index is 4.99. The van der Waals surface area contributed by atoms with Crippen molar-refractivity contribution in [1.82, 2.24) is 0 Å². The largest absolute Gasteiger partial charge is 1.00 e. The summed E-state index contributed by atoms with van der Waals surface area (Å²) in [6, 6.07) is 0. The summed E-state index contributed by atoms with van der Waals surface area (Å²) in [7, 11) is 0. The maximum Gasteiger partial charge on any atom is 1.00 e. The third-order valence-electron chi connectivity index (χ3n) is 0.143. The van der Waals surface area contributed by atoms with E-state index in [0.29, 0.717) is 0 Å². The molecule has 0 aromatic carbocycles. The van der Waals surface area contributed by atoms with E-state index >= 15 is 0 Å². The van der Waals surface area contributed by atoms with Gasteiger partial charge < -0.3 is 1.43 Å². The Labute approximate surface area is 85.5 Å². The van der Waals surface area contributed by atoms with Crippen molar-refractivity contribution in [1.29, 1.82) is 0 Å². The molecule has 0 atom stereocenters. The molecule has 0 rings (SSSR count). The normalized spacial score (nSPS) is 6.86. The van der Waals surface area contributed by atoms with Gasteiger partial charge in [-0.2, -0.15) is 0 Å². The summed E-state index contributed by atoms with van der Waals surface area (Å²) in [6.45, 7) is 0. The number of hydrogen-bond acceptors (Lipinski definition) is 0. The van der Waals surface area contributed by atoms with Crippen LogP contribution >= 0.6 is 46.4 Å². The van der Waals surface area contributed by atoms with Crippen molar-refractivity contribution in [2.75, 3.05) is 0 Å². The Kier molecular flexibility index (Phi) is 10.0. The average molecular weight is 190 g/mol. The molecule has 0 aliphatic carbocycles. The Morgan fingerprint density at radius 2 is 1.00 bits per heavy atom. The van der Waals surface area contributed by atoms with E-state index in [4.69, 9.17) is 46.4 Å². The fourth-order valence-electron chi connectivity index (χ4n) is 0. The molecule has 0 aliphatic rings. The topological polar surface area (TPSA) is 0 Å². The minimum absolute atomic E-state index is 0. The van der Waals surface area contributed by atoms with Crippen LogP contribution in [0.25, 0.3) is 0 Å². The zero-order chi connectivity index (χ0) is 5.15. The second-order valence-corrected chi connectivity index (χ2v) is 2.42. The summed E-state index contributed by atoms with van der Waals surface area (Å²) < 4.78 is -0.198. The molecule has 0 amide bonds. The van der Waals surface area contributed by atoms with Crippen molar-refractivity contribution in [3.05, 3.63) is 8.98 Å². The number of rotatable bonds is 0. The Hall–Kier alpha value is 1.90. The summed E-state index contributed by atoms with van der Waals surface area (Å²) in [5.74, 6) is 0. The molecule has 38 valence electrons. The van der Waals surface area contributed by atoms with Gasteiger partial charge in [0.25, 0.3) is 0 Å². The molecule has 0 N–H and O–H groups in total. The fourth-order valence-corrected chi connectivity index (χ4v) is 0. The van der Waals surface area contributed by atoms with Crippen LogP contribution in [0.3, 0.4) is 0 Å². The molecule has 0 bridgehead atoms. The third-order valence-corrected chi connectivity index (χ3v) is 1.29. The van der Waals surface area contributed by atoms with Gasteiger partial charge in [-0.15, -0.1) is 0 Å². The van der Waals surface area contributed by atoms with Gasteiger partial charge in [-0.05, 0) is 0 Å². The minimum atomic E-state index is -0.0988. The van der Waals surface area contributed by atoms with E-state index in [0.717, 1.165) is 0 Å². The molecule has 0 aliphatic heterocycles. The van der Waals surface area contributed by atoms with E-state index in [1.807, 2.05) is 0 Å². The van der Waals surface area contributed by atoms with Gasteiger partial charge in [0.05, 0.1) is 0 Å². The Balaban J connectivity index is -0.000000125. The first-order valence-corrected chi connectivity index (χ1v) is 2.52. The van der Waals surface area contributed by atoms with Crippen LogP contribution in [0.2, 0.25) is 0 Å². The van der Waals surface area contributed by atoms with E-state index < -0.39 is 0 Å². The first kappa shape index (κ1) is 11.7. The Morgan fingerprint density at radius 1 is 0.857 bits per heavy atom. The van der Waals surface area contributed by atoms with Crippen LogP contribution in [-0.2, 0) is 0 Å². The molecule has 0 nitrogen and oxygen atoms in total. The summed E-state index contributed by atoms with van der Waals surface area (Å²) >= 11 is 20.0. The van der Waals surface area contributed by atoms with Gasteiger partial charge in [-0.3, -0.25) is 0 Å². The van der Waals surface area contributed by atoms with E-state index in [1.165, 1.54) is 0 Å². The molecule has 0 aromatic heterocycles. The van der Waals surface area contributed by atoms with Gasteiger partial charge in [0.2, 0.25) is 0 Å². The maximum absolute atomic E-state index is 4.99. The third kappa shape index (κ3) is 7.90. The molecule has 0 heterocycles. The zero-order valence-electron chi connectivity index (χ0n) is 4.51. The molecule has 0 radical (unpaired) electrons. The fraction of sp³-hybridized carbons (Fsp3) is 0. The molecule has 0 unspecified atom stereocenters. The van der Waals surface area contributed by atoms with Crippen LogP contribution in [0.5, 0.6) is 0 Å². The predicted octanol–water partition coefficient (Wildman–Crippen LogP) is 0.185. The van der Waals surface area contributed by atoms with Crippen molar-refractivity contribution in [2.45, 2.75) is 0 Å². The van der Waals surface area contributed by atoms with Crippen molar-refractivity contribution in [2.24, 2.45) is 0 Å². The summed E-state index contributed by atoms with van der Waals surface area (Å²) in [5.41, 5.74) is 0. The summed E-state index contributed by atoms with van der Waals surface area (Å²) in [4.78, 5) is 0. The molecule has 5 heteroatoms. The van der Waals surface area contributed by atoms with Gasteiger partial charge in [0.15, 0.2) is 0 Å². The van der Waals surface area contributed by atoms with Crippen LogP contribution in [0.4, 0.5) is 0 Å². The molecule has 0 spiro atoms. The molecular weight excluding hydrogens is 189 g/mol. The molecule has 0 fully saturated rings. The van der Waals surface area contributed by atoms with Gasteiger partial charge in [0, 0.05) is 0 Å². The first-order valence-electron chi connectivity index (χ1n) is 1.01. The van der Waals surface area contributed by atoms with Crippen molar-refractivity contribution >= 4 is 46.4 Å². The first-order chi connectivity index (χ1) is 2.64. The van der Waals surface area contributed by atoms with E-state index in [1.54, 1.807) is 0 Å². The average Bonchev–Trinajstić information content (AvgIpc) is 1.36. The van der Waals surface area contributed by atoms with Gasteiger partial charge >= 0.3 is 29.6 Å². The van der Waals surface area contributed by atoms with Crippen LogP contribution in [0, 0.1) is 0 Å². The van der Waals surface area contributed by atoms with Gasteiger partial charge in [-0.1, -0.05) is 46.4 Å². The Bertz CT molecular complexity index is 64.1. The molecule has 0 aromatic rings. The quantitative estimate of drug-likeness (QED) is 0.478. The monoisotopic (exact) mass is 188 g/mol. The van der Waals surface area contributed by atoms with Gasteiger partial charge in [-0.25, -0.2) is 0 Å². The second kappa shape index (κ2) is 6.03. The van der Waals surface area contributed by atoms with Crippen molar-refractivity contribution in [3.63, 3.8) is 0 Å². The van der Waals surface area contributed by atoms with E-state index in [9.17, 15) is 0 Å². The van der Waals surface area contributed by atoms with E-state index in [-0.39, 0.29) is 40.0 Å².